The molecule has 4 heteroatoms. The lowest BCUT2D eigenvalue weighted by molar-refractivity contribution is -0.119. The van der Waals surface area contributed by atoms with Gasteiger partial charge in [-0.1, -0.05) is 12.1 Å². The number of nitrogens with one attached hydrogen (secondary N) is 1. The third-order valence-electron chi connectivity index (χ3n) is 2.76. The fourth-order valence-corrected chi connectivity index (χ4v) is 1.60. The summed E-state index contributed by atoms with van der Waals surface area (Å²) in [7, 11) is 0. The molecule has 1 aromatic rings. The van der Waals surface area contributed by atoms with Crippen LogP contribution >= 0.6 is 0 Å². The van der Waals surface area contributed by atoms with Gasteiger partial charge in [-0.25, -0.2) is 0 Å². The predicted octanol–water partition coefficient (Wildman–Crippen LogP) is 1.05. The van der Waals surface area contributed by atoms with E-state index in [1.165, 1.54) is 18.4 Å². The fraction of sp³-hybridized carbons (Fsp3) is 0.462. The molecule has 1 amide bonds. The van der Waals surface area contributed by atoms with Crippen LogP contribution in [0.1, 0.15) is 18.4 Å². The standard InChI is InChI=1S/C13H18N2O2/c14-13(16)9-17-12-5-3-11(4-6-12)8-15-7-10-1-2-10/h3-6,10,15H,1-2,7-9H2,(H2,14,16). The molecule has 17 heavy (non-hydrogen) atoms. The molecule has 0 saturated heterocycles. The predicted molar refractivity (Wildman–Crippen MR) is 65.6 cm³/mol. The molecule has 1 aliphatic rings. The molecule has 1 saturated carbocycles. The van der Waals surface area contributed by atoms with Crippen molar-refractivity contribution >= 4 is 5.91 Å². The molecular weight excluding hydrogens is 216 g/mol. The van der Waals surface area contributed by atoms with E-state index in [2.05, 4.69) is 5.32 Å². The number of ether oxygens (including phenoxy) is 1. The van der Waals surface area contributed by atoms with Gasteiger partial charge in [-0.15, -0.1) is 0 Å². The molecule has 3 N–H and O–H groups in total. The quantitative estimate of drug-likeness (QED) is 0.741. The fourth-order valence-electron chi connectivity index (χ4n) is 1.60. The Hall–Kier alpha value is -1.55. The van der Waals surface area contributed by atoms with Gasteiger partial charge in [0.2, 0.25) is 0 Å². The summed E-state index contributed by atoms with van der Waals surface area (Å²) in [6.45, 7) is 1.92. The van der Waals surface area contributed by atoms with Gasteiger partial charge < -0.3 is 15.8 Å². The van der Waals surface area contributed by atoms with Crippen LogP contribution in [-0.2, 0) is 11.3 Å². The summed E-state index contributed by atoms with van der Waals surface area (Å²) in [5, 5.41) is 3.42. The van der Waals surface area contributed by atoms with Gasteiger partial charge in [-0.3, -0.25) is 4.79 Å². The first-order valence-corrected chi connectivity index (χ1v) is 5.95. The van der Waals surface area contributed by atoms with E-state index < -0.39 is 5.91 Å². The molecule has 0 bridgehead atoms. The third-order valence-corrected chi connectivity index (χ3v) is 2.76. The van der Waals surface area contributed by atoms with Crippen molar-refractivity contribution in [3.05, 3.63) is 29.8 Å². The lowest BCUT2D eigenvalue weighted by Gasteiger charge is -2.06. The van der Waals surface area contributed by atoms with Crippen molar-refractivity contribution in [2.75, 3.05) is 13.2 Å². The Labute approximate surface area is 101 Å². The summed E-state index contributed by atoms with van der Waals surface area (Å²) in [5.41, 5.74) is 6.22. The van der Waals surface area contributed by atoms with E-state index in [1.54, 1.807) is 0 Å². The Morgan fingerprint density at radius 1 is 1.35 bits per heavy atom. The van der Waals surface area contributed by atoms with Gasteiger partial charge in [0.05, 0.1) is 0 Å². The first kappa shape index (κ1) is 11.9. The van der Waals surface area contributed by atoms with Gasteiger partial charge >= 0.3 is 0 Å². The number of hydrogen-bond acceptors (Lipinski definition) is 3. The van der Waals surface area contributed by atoms with Crippen molar-refractivity contribution in [1.82, 2.24) is 5.32 Å². The van der Waals surface area contributed by atoms with Crippen LogP contribution in [0.25, 0.3) is 0 Å². The van der Waals surface area contributed by atoms with Crippen molar-refractivity contribution in [2.24, 2.45) is 11.7 Å². The minimum atomic E-state index is -0.458. The molecule has 0 atom stereocenters. The van der Waals surface area contributed by atoms with Crippen LogP contribution in [0, 0.1) is 5.92 Å². The molecule has 0 radical (unpaired) electrons. The maximum absolute atomic E-state index is 10.5. The average molecular weight is 234 g/mol. The maximum Gasteiger partial charge on any atom is 0.255 e. The van der Waals surface area contributed by atoms with E-state index in [4.69, 9.17) is 10.5 Å². The zero-order valence-electron chi connectivity index (χ0n) is 9.82. The Morgan fingerprint density at radius 2 is 2.06 bits per heavy atom. The van der Waals surface area contributed by atoms with Gasteiger partial charge in [0.15, 0.2) is 6.61 Å². The van der Waals surface area contributed by atoms with E-state index in [0.29, 0.717) is 5.75 Å². The highest BCUT2D eigenvalue weighted by molar-refractivity contribution is 5.75. The number of primary amides is 1. The first-order chi connectivity index (χ1) is 8.24. The highest BCUT2D eigenvalue weighted by atomic mass is 16.5. The molecule has 1 aromatic carbocycles. The van der Waals surface area contributed by atoms with E-state index in [-0.39, 0.29) is 6.61 Å². The van der Waals surface area contributed by atoms with Crippen molar-refractivity contribution in [3.63, 3.8) is 0 Å². The molecule has 0 heterocycles. The number of hydrogen-bond donors (Lipinski definition) is 2. The molecule has 0 spiro atoms. The highest BCUT2D eigenvalue weighted by Gasteiger charge is 2.19. The van der Waals surface area contributed by atoms with Gasteiger partial charge in [0.1, 0.15) is 5.75 Å². The zero-order valence-corrected chi connectivity index (χ0v) is 9.82. The van der Waals surface area contributed by atoms with Crippen LogP contribution < -0.4 is 15.8 Å². The lowest BCUT2D eigenvalue weighted by atomic mass is 10.2. The van der Waals surface area contributed by atoms with Crippen LogP contribution in [-0.4, -0.2) is 19.1 Å². The van der Waals surface area contributed by atoms with Crippen LogP contribution in [0.15, 0.2) is 24.3 Å². The number of amides is 1. The van der Waals surface area contributed by atoms with Gasteiger partial charge in [-0.05, 0) is 43.0 Å². The van der Waals surface area contributed by atoms with Crippen molar-refractivity contribution in [2.45, 2.75) is 19.4 Å². The lowest BCUT2D eigenvalue weighted by Crippen LogP contribution is -2.20. The number of carbonyl (C=O) groups is 1. The number of nitrogens with two attached hydrogens (primary N) is 1. The molecule has 4 nitrogen and oxygen atoms in total. The van der Waals surface area contributed by atoms with Crippen LogP contribution in [0.3, 0.4) is 0 Å². The van der Waals surface area contributed by atoms with E-state index >= 15 is 0 Å². The molecule has 1 fully saturated rings. The second-order valence-corrected chi connectivity index (χ2v) is 4.47. The molecule has 0 aromatic heterocycles. The van der Waals surface area contributed by atoms with E-state index in [9.17, 15) is 4.79 Å². The van der Waals surface area contributed by atoms with Gasteiger partial charge in [0.25, 0.3) is 5.91 Å². The molecule has 92 valence electrons. The Bertz CT molecular complexity index is 372. The minimum Gasteiger partial charge on any atom is -0.484 e. The Morgan fingerprint density at radius 3 is 2.65 bits per heavy atom. The molecular formula is C13H18N2O2. The topological polar surface area (TPSA) is 64.4 Å². The normalized spacial score (nSPS) is 14.6. The Kier molecular flexibility index (Phi) is 3.98. The third kappa shape index (κ3) is 4.44. The average Bonchev–Trinajstić information content (AvgIpc) is 3.12. The molecule has 0 aliphatic heterocycles. The summed E-state index contributed by atoms with van der Waals surface area (Å²) in [6.07, 6.45) is 2.74. The van der Waals surface area contributed by atoms with Crippen LogP contribution in [0.4, 0.5) is 0 Å². The first-order valence-electron chi connectivity index (χ1n) is 5.95. The minimum absolute atomic E-state index is 0.0702. The summed E-state index contributed by atoms with van der Waals surface area (Å²) < 4.78 is 5.18. The summed E-state index contributed by atoms with van der Waals surface area (Å²) in [6, 6.07) is 7.71. The van der Waals surface area contributed by atoms with Crippen LogP contribution in [0.5, 0.6) is 5.75 Å². The Balaban J connectivity index is 1.73. The largest absolute Gasteiger partial charge is 0.484 e. The number of benzene rings is 1. The number of rotatable bonds is 7. The monoisotopic (exact) mass is 234 g/mol. The highest BCUT2D eigenvalue weighted by Crippen LogP contribution is 2.27. The molecule has 1 aliphatic carbocycles. The van der Waals surface area contributed by atoms with Gasteiger partial charge in [-0.2, -0.15) is 0 Å². The molecule has 2 rings (SSSR count). The summed E-state index contributed by atoms with van der Waals surface area (Å²) in [5.74, 6) is 1.11. The second-order valence-electron chi connectivity index (χ2n) is 4.47. The molecule has 0 unspecified atom stereocenters. The van der Waals surface area contributed by atoms with E-state index in [0.717, 1.165) is 19.0 Å². The number of carbonyl (C=O) groups excluding carboxylic acids is 1. The van der Waals surface area contributed by atoms with Gasteiger partial charge in [0, 0.05) is 6.54 Å². The van der Waals surface area contributed by atoms with E-state index in [1.807, 2.05) is 24.3 Å². The van der Waals surface area contributed by atoms with Crippen molar-refractivity contribution in [1.29, 1.82) is 0 Å². The summed E-state index contributed by atoms with van der Waals surface area (Å²) in [4.78, 5) is 10.5. The maximum atomic E-state index is 10.5. The smallest absolute Gasteiger partial charge is 0.255 e. The van der Waals surface area contributed by atoms with Crippen LogP contribution in [0.2, 0.25) is 0 Å². The van der Waals surface area contributed by atoms with Crippen molar-refractivity contribution in [3.8, 4) is 5.75 Å². The zero-order chi connectivity index (χ0) is 12.1. The summed E-state index contributed by atoms with van der Waals surface area (Å²) >= 11 is 0. The van der Waals surface area contributed by atoms with Crippen molar-refractivity contribution < 1.29 is 9.53 Å². The SMILES string of the molecule is NC(=O)COc1ccc(CNCC2CC2)cc1. The second kappa shape index (κ2) is 5.68.